The fourth-order valence-electron chi connectivity index (χ4n) is 3.99. The Kier molecular flexibility index (Phi) is 3.84. The van der Waals surface area contributed by atoms with E-state index >= 15 is 0 Å². The van der Waals surface area contributed by atoms with Gasteiger partial charge in [0.05, 0.1) is 17.2 Å². The smallest absolute Gasteiger partial charge is 0.228 e. The zero-order valence-electron chi connectivity index (χ0n) is 14.8. The third-order valence-corrected chi connectivity index (χ3v) is 6.57. The van der Waals surface area contributed by atoms with Gasteiger partial charge < -0.3 is 10.1 Å². The van der Waals surface area contributed by atoms with Crippen LogP contribution in [0.15, 0.2) is 47.4 Å². The highest BCUT2D eigenvalue weighted by Gasteiger charge is 2.61. The topological polar surface area (TPSA) is 72.5 Å². The first-order chi connectivity index (χ1) is 12.3. The average molecular weight is 371 g/mol. The highest BCUT2D eigenvalue weighted by Crippen LogP contribution is 2.60. The normalized spacial score (nSPS) is 23.8. The monoisotopic (exact) mass is 371 g/mol. The SMILES string of the molecule is Cc1ccc(S(C)(=O)=O)c(NC(=O)[C@@H]2C[C@]23CCOc2ccccc23)c1. The van der Waals surface area contributed by atoms with Crippen LogP contribution in [-0.4, -0.2) is 27.2 Å². The fraction of sp³-hybridized carbons (Fsp3) is 0.350. The number of hydrogen-bond acceptors (Lipinski definition) is 4. The van der Waals surface area contributed by atoms with Crippen LogP contribution in [0.1, 0.15) is 24.0 Å². The molecule has 1 aliphatic carbocycles. The largest absolute Gasteiger partial charge is 0.493 e. The molecule has 1 heterocycles. The van der Waals surface area contributed by atoms with Gasteiger partial charge in [0, 0.05) is 23.2 Å². The van der Waals surface area contributed by atoms with Crippen LogP contribution in [0.4, 0.5) is 5.69 Å². The van der Waals surface area contributed by atoms with Crippen molar-refractivity contribution in [3.63, 3.8) is 0 Å². The van der Waals surface area contributed by atoms with E-state index in [0.29, 0.717) is 12.3 Å². The van der Waals surface area contributed by atoms with Crippen molar-refractivity contribution in [1.82, 2.24) is 0 Å². The number of aryl methyl sites for hydroxylation is 1. The first kappa shape index (κ1) is 17.1. The fourth-order valence-corrected chi connectivity index (χ4v) is 4.81. The van der Waals surface area contributed by atoms with Crippen LogP contribution in [0, 0.1) is 12.8 Å². The summed E-state index contributed by atoms with van der Waals surface area (Å²) in [5.74, 6) is 0.555. The van der Waals surface area contributed by atoms with Gasteiger partial charge in [0.1, 0.15) is 5.75 Å². The van der Waals surface area contributed by atoms with Crippen LogP contribution in [0.2, 0.25) is 0 Å². The van der Waals surface area contributed by atoms with E-state index in [1.807, 2.05) is 31.2 Å². The van der Waals surface area contributed by atoms with E-state index in [9.17, 15) is 13.2 Å². The molecule has 1 N–H and O–H groups in total. The first-order valence-corrected chi connectivity index (χ1v) is 10.5. The molecule has 1 amide bonds. The van der Waals surface area contributed by atoms with Gasteiger partial charge in [-0.3, -0.25) is 4.79 Å². The standard InChI is InChI=1S/C20H21NO4S/c1-13-7-8-18(26(2,23)24)16(11-13)21-19(22)15-12-20(15)9-10-25-17-6-4-3-5-14(17)20/h3-8,11,15H,9-10,12H2,1-2H3,(H,21,22)/t15-,20-/m0/s1. The van der Waals surface area contributed by atoms with Crippen molar-refractivity contribution in [2.75, 3.05) is 18.2 Å². The number of nitrogens with one attached hydrogen (secondary N) is 1. The van der Waals surface area contributed by atoms with Crippen molar-refractivity contribution in [2.45, 2.75) is 30.1 Å². The summed E-state index contributed by atoms with van der Waals surface area (Å²) in [6.07, 6.45) is 2.72. The van der Waals surface area contributed by atoms with Gasteiger partial charge in [-0.15, -0.1) is 0 Å². The summed E-state index contributed by atoms with van der Waals surface area (Å²) < 4.78 is 29.8. The second-order valence-corrected chi connectivity index (χ2v) is 9.25. The highest BCUT2D eigenvalue weighted by molar-refractivity contribution is 7.90. The minimum atomic E-state index is -3.42. The number of ether oxygens (including phenoxy) is 1. The maximum absolute atomic E-state index is 12.9. The molecule has 136 valence electrons. The number of carbonyl (C=O) groups is 1. The summed E-state index contributed by atoms with van der Waals surface area (Å²) in [4.78, 5) is 13.1. The molecule has 26 heavy (non-hydrogen) atoms. The highest BCUT2D eigenvalue weighted by atomic mass is 32.2. The number of sulfone groups is 1. The van der Waals surface area contributed by atoms with E-state index in [0.717, 1.165) is 36.0 Å². The predicted octanol–water partition coefficient (Wildman–Crippen LogP) is 3.08. The summed E-state index contributed by atoms with van der Waals surface area (Å²) in [6, 6.07) is 12.8. The van der Waals surface area contributed by atoms with Gasteiger partial charge in [-0.25, -0.2) is 8.42 Å². The van der Waals surface area contributed by atoms with Crippen LogP contribution in [0.5, 0.6) is 5.75 Å². The lowest BCUT2D eigenvalue weighted by molar-refractivity contribution is -0.117. The molecule has 2 aromatic carbocycles. The van der Waals surface area contributed by atoms with Crippen molar-refractivity contribution in [3.05, 3.63) is 53.6 Å². The summed E-state index contributed by atoms with van der Waals surface area (Å²) in [5.41, 5.74) is 2.15. The second kappa shape index (κ2) is 5.84. The Bertz CT molecular complexity index is 999. The predicted molar refractivity (Wildman–Crippen MR) is 99.3 cm³/mol. The average Bonchev–Trinajstić information content (AvgIpc) is 3.29. The quantitative estimate of drug-likeness (QED) is 0.900. The Morgan fingerprint density at radius 3 is 2.77 bits per heavy atom. The Labute approximate surface area is 153 Å². The molecule has 0 bridgehead atoms. The van der Waals surface area contributed by atoms with Crippen LogP contribution >= 0.6 is 0 Å². The van der Waals surface area contributed by atoms with E-state index in [-0.39, 0.29) is 22.1 Å². The molecule has 4 rings (SSSR count). The molecule has 0 unspecified atom stereocenters. The maximum atomic E-state index is 12.9. The second-order valence-electron chi connectivity index (χ2n) is 7.27. The van der Waals surface area contributed by atoms with Gasteiger partial charge in [-0.05, 0) is 43.5 Å². The van der Waals surface area contributed by atoms with E-state index in [1.165, 1.54) is 0 Å². The first-order valence-electron chi connectivity index (χ1n) is 8.65. The number of carbonyl (C=O) groups excluding carboxylic acids is 1. The summed E-state index contributed by atoms with van der Waals surface area (Å²) >= 11 is 0. The number of fused-ring (bicyclic) bond motifs is 2. The molecule has 1 fully saturated rings. The van der Waals surface area contributed by atoms with E-state index in [4.69, 9.17) is 4.74 Å². The number of rotatable bonds is 3. The lowest BCUT2D eigenvalue weighted by Crippen LogP contribution is -2.27. The van der Waals surface area contributed by atoms with Gasteiger partial charge in [0.15, 0.2) is 9.84 Å². The Hall–Kier alpha value is -2.34. The van der Waals surface area contributed by atoms with Gasteiger partial charge in [-0.2, -0.15) is 0 Å². The van der Waals surface area contributed by atoms with E-state index < -0.39 is 9.84 Å². The van der Waals surface area contributed by atoms with Crippen LogP contribution in [0.25, 0.3) is 0 Å². The minimum Gasteiger partial charge on any atom is -0.493 e. The molecule has 1 spiro atoms. The lowest BCUT2D eigenvalue weighted by atomic mass is 9.87. The Morgan fingerprint density at radius 2 is 2.00 bits per heavy atom. The molecule has 1 saturated carbocycles. The molecule has 0 radical (unpaired) electrons. The number of benzene rings is 2. The Balaban J connectivity index is 1.62. The Morgan fingerprint density at radius 1 is 1.23 bits per heavy atom. The number of para-hydroxylation sites is 1. The third-order valence-electron chi connectivity index (χ3n) is 5.41. The molecule has 5 nitrogen and oxygen atoms in total. The van der Waals surface area contributed by atoms with Crippen LogP contribution in [0.3, 0.4) is 0 Å². The van der Waals surface area contributed by atoms with Gasteiger partial charge >= 0.3 is 0 Å². The number of hydrogen-bond donors (Lipinski definition) is 1. The molecular formula is C20H21NO4S. The molecular weight excluding hydrogens is 350 g/mol. The molecule has 0 saturated heterocycles. The molecule has 2 atom stereocenters. The van der Waals surface area contributed by atoms with Gasteiger partial charge in [0.25, 0.3) is 0 Å². The third kappa shape index (κ3) is 2.78. The van der Waals surface area contributed by atoms with E-state index in [1.54, 1.807) is 18.2 Å². The molecule has 2 aliphatic rings. The minimum absolute atomic E-state index is 0.128. The summed E-state index contributed by atoms with van der Waals surface area (Å²) in [6.45, 7) is 2.47. The lowest BCUT2D eigenvalue weighted by Gasteiger charge is -2.26. The van der Waals surface area contributed by atoms with Crippen molar-refractivity contribution in [3.8, 4) is 5.75 Å². The van der Waals surface area contributed by atoms with Crippen LogP contribution in [-0.2, 0) is 20.0 Å². The van der Waals surface area contributed by atoms with Crippen LogP contribution < -0.4 is 10.1 Å². The summed E-state index contributed by atoms with van der Waals surface area (Å²) in [5, 5.41) is 2.86. The van der Waals surface area contributed by atoms with Crippen molar-refractivity contribution in [1.29, 1.82) is 0 Å². The maximum Gasteiger partial charge on any atom is 0.228 e. The van der Waals surface area contributed by atoms with Gasteiger partial charge in [0.2, 0.25) is 5.91 Å². The van der Waals surface area contributed by atoms with Crippen molar-refractivity contribution >= 4 is 21.4 Å². The molecule has 0 aromatic heterocycles. The number of amides is 1. The molecule has 6 heteroatoms. The molecule has 2 aromatic rings. The zero-order chi connectivity index (χ0) is 18.5. The molecule has 1 aliphatic heterocycles. The van der Waals surface area contributed by atoms with E-state index in [2.05, 4.69) is 5.32 Å². The van der Waals surface area contributed by atoms with Crippen molar-refractivity contribution in [2.24, 2.45) is 5.92 Å². The summed E-state index contributed by atoms with van der Waals surface area (Å²) in [7, 11) is -3.42. The van der Waals surface area contributed by atoms with Crippen molar-refractivity contribution < 1.29 is 17.9 Å². The zero-order valence-corrected chi connectivity index (χ0v) is 15.6. The van der Waals surface area contributed by atoms with Gasteiger partial charge in [-0.1, -0.05) is 24.3 Å². The number of anilines is 1.